The van der Waals surface area contributed by atoms with Crippen LogP contribution in [-0.4, -0.2) is 41.3 Å². The largest absolute Gasteiger partial charge is 0.487 e. The summed E-state index contributed by atoms with van der Waals surface area (Å²) in [6.07, 6.45) is -0.836. The lowest BCUT2D eigenvalue weighted by Gasteiger charge is -2.30. The van der Waals surface area contributed by atoms with E-state index in [-0.39, 0.29) is 23.7 Å². The minimum absolute atomic E-state index is 0.279. The second kappa shape index (κ2) is 7.47. The summed E-state index contributed by atoms with van der Waals surface area (Å²) >= 11 is 0. The highest BCUT2D eigenvalue weighted by atomic mass is 19.1. The third kappa shape index (κ3) is 4.15. The molecule has 6 heteroatoms. The van der Waals surface area contributed by atoms with Crippen LogP contribution in [0.5, 0.6) is 5.75 Å². The maximum absolute atomic E-state index is 13.3. The highest BCUT2D eigenvalue weighted by Crippen LogP contribution is 2.28. The molecule has 0 spiro atoms. The lowest BCUT2D eigenvalue weighted by molar-refractivity contribution is 0.0136. The number of ether oxygens (including phenoxy) is 1. The number of halogens is 2. The van der Waals surface area contributed by atoms with E-state index in [9.17, 15) is 13.9 Å². The van der Waals surface area contributed by atoms with Gasteiger partial charge in [-0.05, 0) is 36.9 Å². The predicted molar refractivity (Wildman–Crippen MR) is 91.1 cm³/mol. The van der Waals surface area contributed by atoms with Crippen LogP contribution >= 0.6 is 0 Å². The summed E-state index contributed by atoms with van der Waals surface area (Å²) in [4.78, 5) is 1.94. The van der Waals surface area contributed by atoms with Crippen molar-refractivity contribution in [1.82, 2.24) is 4.90 Å². The van der Waals surface area contributed by atoms with Crippen molar-refractivity contribution < 1.29 is 18.6 Å². The van der Waals surface area contributed by atoms with E-state index in [0.29, 0.717) is 18.7 Å². The maximum Gasteiger partial charge on any atom is 0.128 e. The molecular formula is C19H22F2N2O2. The number of nitrogens with zero attached hydrogens (tertiary/aromatic N) is 1. The fourth-order valence-corrected chi connectivity index (χ4v) is 3.42. The first-order chi connectivity index (χ1) is 11.9. The Hall–Kier alpha value is -2.02. The molecule has 134 valence electrons. The molecule has 2 aromatic rings. The fraction of sp³-hybridized carbons (Fsp3) is 0.368. The van der Waals surface area contributed by atoms with Crippen LogP contribution in [0.3, 0.4) is 0 Å². The number of benzene rings is 2. The van der Waals surface area contributed by atoms with Crippen LogP contribution in [0.25, 0.3) is 0 Å². The van der Waals surface area contributed by atoms with Crippen LogP contribution in [0.2, 0.25) is 0 Å². The minimum Gasteiger partial charge on any atom is -0.487 e. The molecule has 0 aliphatic heterocycles. The van der Waals surface area contributed by atoms with Crippen molar-refractivity contribution in [1.29, 1.82) is 0 Å². The van der Waals surface area contributed by atoms with E-state index in [1.165, 1.54) is 24.3 Å². The number of hydrogen-bond donors (Lipinski definition) is 2. The SMILES string of the molecule is CN(Cc1ccc(F)cc1)[C@@H]1[C@@H](O)[C@H](Oc2cccc(F)c2)C[C@H]1N. The van der Waals surface area contributed by atoms with Crippen molar-refractivity contribution >= 4 is 0 Å². The first-order valence-electron chi connectivity index (χ1n) is 8.24. The Morgan fingerprint density at radius 2 is 1.88 bits per heavy atom. The van der Waals surface area contributed by atoms with Crippen molar-refractivity contribution in [3.8, 4) is 5.75 Å². The summed E-state index contributed by atoms with van der Waals surface area (Å²) in [5, 5.41) is 10.6. The van der Waals surface area contributed by atoms with Gasteiger partial charge in [-0.3, -0.25) is 4.90 Å². The number of aliphatic hydroxyl groups is 1. The lowest BCUT2D eigenvalue weighted by Crippen LogP contribution is -2.48. The molecule has 3 N–H and O–H groups in total. The van der Waals surface area contributed by atoms with Crippen molar-refractivity contribution in [3.63, 3.8) is 0 Å². The van der Waals surface area contributed by atoms with Gasteiger partial charge in [0.1, 0.15) is 29.6 Å². The first kappa shape index (κ1) is 17.8. The number of likely N-dealkylation sites (N-methyl/N-ethyl adjacent to an activating group) is 1. The number of rotatable bonds is 5. The van der Waals surface area contributed by atoms with E-state index in [1.54, 1.807) is 24.3 Å². The normalized spacial score (nSPS) is 26.2. The molecule has 1 aliphatic rings. The Balaban J connectivity index is 1.66. The van der Waals surface area contributed by atoms with Crippen molar-refractivity contribution in [2.45, 2.75) is 37.3 Å². The van der Waals surface area contributed by atoms with Gasteiger partial charge in [-0.2, -0.15) is 0 Å². The van der Waals surface area contributed by atoms with Gasteiger partial charge in [0.2, 0.25) is 0 Å². The van der Waals surface area contributed by atoms with E-state index < -0.39 is 12.2 Å². The number of hydrogen-bond acceptors (Lipinski definition) is 4. The summed E-state index contributed by atoms with van der Waals surface area (Å²) in [6, 6.07) is 11.5. The Kier molecular flexibility index (Phi) is 5.32. The van der Waals surface area contributed by atoms with Crippen molar-refractivity contribution in [2.24, 2.45) is 5.73 Å². The Bertz CT molecular complexity index is 711. The van der Waals surface area contributed by atoms with Gasteiger partial charge >= 0.3 is 0 Å². The summed E-state index contributed by atoms with van der Waals surface area (Å²) < 4.78 is 32.0. The maximum atomic E-state index is 13.3. The number of aliphatic hydroxyl groups excluding tert-OH is 1. The van der Waals surface area contributed by atoms with Gasteiger partial charge in [0.15, 0.2) is 0 Å². The van der Waals surface area contributed by atoms with E-state index >= 15 is 0 Å². The van der Waals surface area contributed by atoms with Gasteiger partial charge in [0, 0.05) is 25.1 Å². The monoisotopic (exact) mass is 348 g/mol. The van der Waals surface area contributed by atoms with E-state index in [2.05, 4.69) is 0 Å². The van der Waals surface area contributed by atoms with Crippen LogP contribution in [-0.2, 0) is 6.54 Å². The molecule has 0 saturated heterocycles. The molecule has 1 aliphatic carbocycles. The summed E-state index contributed by atoms with van der Waals surface area (Å²) in [6.45, 7) is 0.530. The van der Waals surface area contributed by atoms with Gasteiger partial charge in [0.05, 0.1) is 6.04 Å². The van der Waals surface area contributed by atoms with Crippen molar-refractivity contribution in [3.05, 3.63) is 65.7 Å². The predicted octanol–water partition coefficient (Wildman–Crippen LogP) is 2.30. The molecule has 4 nitrogen and oxygen atoms in total. The molecule has 1 saturated carbocycles. The molecule has 0 heterocycles. The zero-order valence-electron chi connectivity index (χ0n) is 14.0. The average molecular weight is 348 g/mol. The third-order valence-electron chi connectivity index (χ3n) is 4.61. The van der Waals surface area contributed by atoms with Gasteiger partial charge in [-0.1, -0.05) is 18.2 Å². The standard InChI is InChI=1S/C19H22F2N2O2/c1-23(11-12-5-7-13(20)8-6-12)18-16(22)10-17(19(18)24)25-15-4-2-3-14(21)9-15/h2-9,16-19,24H,10-11,22H2,1H3/t16-,17-,18+,19+/m1/s1. The molecule has 0 aromatic heterocycles. The average Bonchev–Trinajstić information content (AvgIpc) is 2.83. The van der Waals surface area contributed by atoms with Gasteiger partial charge in [0.25, 0.3) is 0 Å². The molecule has 2 aromatic carbocycles. The lowest BCUT2D eigenvalue weighted by atomic mass is 10.1. The quantitative estimate of drug-likeness (QED) is 0.871. The van der Waals surface area contributed by atoms with E-state index in [1.807, 2.05) is 11.9 Å². The van der Waals surface area contributed by atoms with Gasteiger partial charge < -0.3 is 15.6 Å². The van der Waals surface area contributed by atoms with Crippen LogP contribution in [0.4, 0.5) is 8.78 Å². The van der Waals surface area contributed by atoms with Crippen LogP contribution in [0.15, 0.2) is 48.5 Å². The third-order valence-corrected chi connectivity index (χ3v) is 4.61. The molecule has 25 heavy (non-hydrogen) atoms. The summed E-state index contributed by atoms with van der Waals surface area (Å²) in [5.41, 5.74) is 7.13. The van der Waals surface area contributed by atoms with Crippen LogP contribution in [0, 0.1) is 11.6 Å². The summed E-state index contributed by atoms with van der Waals surface area (Å²) in [7, 11) is 1.86. The Morgan fingerprint density at radius 1 is 1.16 bits per heavy atom. The summed E-state index contributed by atoms with van der Waals surface area (Å²) in [5.74, 6) is -0.301. The fourth-order valence-electron chi connectivity index (χ4n) is 3.42. The molecule has 0 radical (unpaired) electrons. The zero-order valence-corrected chi connectivity index (χ0v) is 14.0. The Labute approximate surface area is 145 Å². The molecule has 3 rings (SSSR count). The van der Waals surface area contributed by atoms with E-state index in [4.69, 9.17) is 10.5 Å². The minimum atomic E-state index is -0.802. The molecule has 0 amide bonds. The second-order valence-corrected chi connectivity index (χ2v) is 6.54. The highest BCUT2D eigenvalue weighted by molar-refractivity contribution is 5.23. The van der Waals surface area contributed by atoms with Gasteiger partial charge in [-0.15, -0.1) is 0 Å². The van der Waals surface area contributed by atoms with Crippen LogP contribution < -0.4 is 10.5 Å². The Morgan fingerprint density at radius 3 is 2.56 bits per heavy atom. The molecule has 4 atom stereocenters. The molecule has 1 fully saturated rings. The van der Waals surface area contributed by atoms with Crippen molar-refractivity contribution in [2.75, 3.05) is 7.05 Å². The highest BCUT2D eigenvalue weighted by Gasteiger charge is 2.44. The second-order valence-electron chi connectivity index (χ2n) is 6.54. The smallest absolute Gasteiger partial charge is 0.128 e. The number of nitrogens with two attached hydrogens (primary N) is 1. The van der Waals surface area contributed by atoms with Gasteiger partial charge in [-0.25, -0.2) is 8.78 Å². The van der Waals surface area contributed by atoms with E-state index in [0.717, 1.165) is 5.56 Å². The molecule has 0 bridgehead atoms. The first-order valence-corrected chi connectivity index (χ1v) is 8.24. The zero-order chi connectivity index (χ0) is 18.0. The molecule has 0 unspecified atom stereocenters. The topological polar surface area (TPSA) is 58.7 Å². The van der Waals surface area contributed by atoms with Crippen LogP contribution in [0.1, 0.15) is 12.0 Å². The molecular weight excluding hydrogens is 326 g/mol.